The molecule has 29 heavy (non-hydrogen) atoms. The molecular weight excluding hydrogens is 370 g/mol. The van der Waals surface area contributed by atoms with E-state index in [0.29, 0.717) is 16.8 Å². The predicted molar refractivity (Wildman–Crippen MR) is 112 cm³/mol. The Hall–Kier alpha value is -3.48. The Morgan fingerprint density at radius 1 is 1.00 bits per heavy atom. The van der Waals surface area contributed by atoms with E-state index in [9.17, 15) is 9.59 Å². The largest absolute Gasteiger partial charge is 0.458 e. The number of azo groups is 1. The van der Waals surface area contributed by atoms with Gasteiger partial charge in [0.2, 0.25) is 0 Å². The van der Waals surface area contributed by atoms with Gasteiger partial charge in [0.15, 0.2) is 0 Å². The van der Waals surface area contributed by atoms with Gasteiger partial charge in [-0.25, -0.2) is 9.59 Å². The van der Waals surface area contributed by atoms with Crippen LogP contribution in [0.2, 0.25) is 0 Å². The van der Waals surface area contributed by atoms with E-state index in [1.807, 2.05) is 43.3 Å². The van der Waals surface area contributed by atoms with Crippen molar-refractivity contribution in [1.82, 2.24) is 0 Å². The summed E-state index contributed by atoms with van der Waals surface area (Å²) >= 11 is 0. The molecule has 0 radical (unpaired) electrons. The minimum atomic E-state index is -0.574. The number of anilines is 1. The second kappa shape index (κ2) is 10.2. The van der Waals surface area contributed by atoms with Gasteiger partial charge >= 0.3 is 11.9 Å². The van der Waals surface area contributed by atoms with Gasteiger partial charge < -0.3 is 14.4 Å². The number of ether oxygens (including phenoxy) is 2. The molecule has 0 aliphatic heterocycles. The number of nitrogens with zero attached hydrogens (tertiary/aromatic N) is 3. The van der Waals surface area contributed by atoms with E-state index in [2.05, 4.69) is 16.8 Å². The third kappa shape index (κ3) is 6.88. The Bertz CT molecular complexity index is 887. The first-order valence-corrected chi connectivity index (χ1v) is 9.09. The van der Waals surface area contributed by atoms with Crippen LogP contribution in [0.15, 0.2) is 70.9 Å². The first-order valence-electron chi connectivity index (χ1n) is 9.09. The highest BCUT2D eigenvalue weighted by Crippen LogP contribution is 2.21. The summed E-state index contributed by atoms with van der Waals surface area (Å²) in [5.74, 6) is -1.02. The lowest BCUT2D eigenvalue weighted by atomic mass is 10.2. The Labute approximate surface area is 170 Å². The van der Waals surface area contributed by atoms with Crippen molar-refractivity contribution in [2.45, 2.75) is 20.0 Å². The minimum Gasteiger partial charge on any atom is -0.458 e. The molecule has 0 aliphatic rings. The second-order valence-corrected chi connectivity index (χ2v) is 6.75. The molecule has 0 aromatic heterocycles. The summed E-state index contributed by atoms with van der Waals surface area (Å²) in [7, 11) is 3.94. The molecule has 7 heteroatoms. The van der Waals surface area contributed by atoms with Crippen molar-refractivity contribution >= 4 is 29.0 Å². The highest BCUT2D eigenvalue weighted by molar-refractivity contribution is 5.90. The number of rotatable bonds is 8. The molecule has 0 heterocycles. The minimum absolute atomic E-state index is 0.0314. The molecule has 152 valence electrons. The van der Waals surface area contributed by atoms with Gasteiger partial charge in [-0.3, -0.25) is 0 Å². The normalized spacial score (nSPS) is 11.7. The van der Waals surface area contributed by atoms with Gasteiger partial charge in [0.1, 0.15) is 12.7 Å². The van der Waals surface area contributed by atoms with Crippen molar-refractivity contribution in [3.63, 3.8) is 0 Å². The summed E-state index contributed by atoms with van der Waals surface area (Å²) in [5, 5.41) is 8.36. The van der Waals surface area contributed by atoms with Gasteiger partial charge in [-0.15, -0.1) is 0 Å². The molecule has 1 atom stereocenters. The highest BCUT2D eigenvalue weighted by Gasteiger charge is 2.14. The van der Waals surface area contributed by atoms with E-state index in [1.165, 1.54) is 0 Å². The van der Waals surface area contributed by atoms with E-state index in [0.717, 1.165) is 11.4 Å². The third-order valence-electron chi connectivity index (χ3n) is 3.86. The van der Waals surface area contributed by atoms with Crippen LogP contribution in [0, 0.1) is 0 Å². The van der Waals surface area contributed by atoms with Gasteiger partial charge in [-0.2, -0.15) is 10.2 Å². The lowest BCUT2D eigenvalue weighted by molar-refractivity contribution is -0.141. The van der Waals surface area contributed by atoms with Crippen molar-refractivity contribution in [2.75, 3.05) is 25.6 Å². The lowest BCUT2D eigenvalue weighted by Crippen LogP contribution is -2.22. The molecule has 1 unspecified atom stereocenters. The molecular formula is C22H25N3O4. The maximum absolute atomic E-state index is 12.2. The van der Waals surface area contributed by atoms with Crippen molar-refractivity contribution in [3.8, 4) is 0 Å². The molecule has 7 nitrogen and oxygen atoms in total. The topological polar surface area (TPSA) is 80.6 Å². The standard InChI is InChI=1S/C22H25N3O4/c1-15(2)21(26)28-14-16(3)29-22(27)17-6-8-18(9-7-17)23-24-19-10-12-20(13-11-19)25(4)5/h6-13,16H,1,14H2,2-5H3. The van der Waals surface area contributed by atoms with E-state index in [1.54, 1.807) is 38.1 Å². The highest BCUT2D eigenvalue weighted by atomic mass is 16.6. The molecule has 0 saturated heterocycles. The van der Waals surface area contributed by atoms with Crippen molar-refractivity contribution in [3.05, 3.63) is 66.2 Å². The smallest absolute Gasteiger partial charge is 0.338 e. The molecule has 0 aliphatic carbocycles. The second-order valence-electron chi connectivity index (χ2n) is 6.75. The maximum Gasteiger partial charge on any atom is 0.338 e. The van der Waals surface area contributed by atoms with Crippen LogP contribution in [0.1, 0.15) is 24.2 Å². The molecule has 0 spiro atoms. The first-order chi connectivity index (χ1) is 13.8. The fourth-order valence-corrected chi connectivity index (χ4v) is 2.20. The van der Waals surface area contributed by atoms with Crippen LogP contribution in [0.25, 0.3) is 0 Å². The molecule has 0 saturated carbocycles. The van der Waals surface area contributed by atoms with Gasteiger partial charge in [0.25, 0.3) is 0 Å². The maximum atomic E-state index is 12.2. The molecule has 0 fully saturated rings. The Balaban J connectivity index is 1.90. The molecule has 2 rings (SSSR count). The molecule has 0 N–H and O–H groups in total. The summed E-state index contributed by atoms with van der Waals surface area (Å²) in [4.78, 5) is 25.5. The fraction of sp³-hybridized carbons (Fsp3) is 0.273. The van der Waals surface area contributed by atoms with Crippen LogP contribution in [-0.2, 0) is 14.3 Å². The van der Waals surface area contributed by atoms with E-state index < -0.39 is 18.0 Å². The van der Waals surface area contributed by atoms with Crippen LogP contribution in [0.4, 0.5) is 17.1 Å². The monoisotopic (exact) mass is 395 g/mol. The predicted octanol–water partition coefficient (Wildman–Crippen LogP) is 4.83. The van der Waals surface area contributed by atoms with Crippen LogP contribution >= 0.6 is 0 Å². The average molecular weight is 395 g/mol. The third-order valence-corrected chi connectivity index (χ3v) is 3.86. The van der Waals surface area contributed by atoms with Crippen LogP contribution < -0.4 is 4.90 Å². The summed E-state index contributed by atoms with van der Waals surface area (Å²) in [6.07, 6.45) is -0.574. The van der Waals surface area contributed by atoms with Crippen LogP contribution in [0.5, 0.6) is 0 Å². The molecule has 2 aromatic rings. The van der Waals surface area contributed by atoms with Crippen LogP contribution in [-0.4, -0.2) is 38.7 Å². The number of carbonyl (C=O) groups excluding carboxylic acids is 2. The molecule has 0 bridgehead atoms. The zero-order valence-corrected chi connectivity index (χ0v) is 17.1. The fourth-order valence-electron chi connectivity index (χ4n) is 2.20. The molecule has 0 amide bonds. The Morgan fingerprint density at radius 3 is 2.00 bits per heavy atom. The summed E-state index contributed by atoms with van der Waals surface area (Å²) in [6.45, 7) is 6.66. The number of benzene rings is 2. The first kappa shape index (κ1) is 21.8. The quantitative estimate of drug-likeness (QED) is 0.363. The van der Waals surface area contributed by atoms with E-state index in [-0.39, 0.29) is 6.61 Å². The number of hydrogen-bond acceptors (Lipinski definition) is 7. The number of esters is 2. The van der Waals surface area contributed by atoms with Crippen molar-refractivity contribution in [1.29, 1.82) is 0 Å². The SMILES string of the molecule is C=C(C)C(=O)OCC(C)OC(=O)c1ccc(N=Nc2ccc(N(C)C)cc2)cc1. The van der Waals surface area contributed by atoms with Gasteiger partial charge in [-0.1, -0.05) is 6.58 Å². The summed E-state index contributed by atoms with van der Waals surface area (Å²) in [5.41, 5.74) is 3.09. The summed E-state index contributed by atoms with van der Waals surface area (Å²) < 4.78 is 10.2. The number of hydrogen-bond donors (Lipinski definition) is 0. The summed E-state index contributed by atoms with van der Waals surface area (Å²) in [6, 6.07) is 14.3. The average Bonchev–Trinajstić information content (AvgIpc) is 2.71. The van der Waals surface area contributed by atoms with Crippen LogP contribution in [0.3, 0.4) is 0 Å². The van der Waals surface area contributed by atoms with E-state index >= 15 is 0 Å². The lowest BCUT2D eigenvalue weighted by Gasteiger charge is -2.13. The number of carbonyl (C=O) groups is 2. The van der Waals surface area contributed by atoms with Crippen molar-refractivity contribution in [2.24, 2.45) is 10.2 Å². The zero-order chi connectivity index (χ0) is 21.4. The van der Waals surface area contributed by atoms with Gasteiger partial charge in [0.05, 0.1) is 16.9 Å². The van der Waals surface area contributed by atoms with E-state index in [4.69, 9.17) is 9.47 Å². The van der Waals surface area contributed by atoms with Gasteiger partial charge in [0, 0.05) is 25.4 Å². The van der Waals surface area contributed by atoms with Crippen molar-refractivity contribution < 1.29 is 19.1 Å². The van der Waals surface area contributed by atoms with Gasteiger partial charge in [-0.05, 0) is 62.4 Å². The molecule has 2 aromatic carbocycles. The zero-order valence-electron chi connectivity index (χ0n) is 17.1. The Morgan fingerprint density at radius 2 is 1.52 bits per heavy atom. The Kier molecular flexibility index (Phi) is 7.65.